The molecule has 0 unspecified atom stereocenters. The smallest absolute Gasteiger partial charge is 0.229 e. The summed E-state index contributed by atoms with van der Waals surface area (Å²) < 4.78 is 11.2. The largest absolute Gasteiger partial charge is 0.497 e. The molecule has 2 amide bonds. The van der Waals surface area contributed by atoms with E-state index in [1.807, 2.05) is 66.7 Å². The average Bonchev–Trinajstić information content (AvgIpc) is 3.27. The quantitative estimate of drug-likeness (QED) is 0.412. The van der Waals surface area contributed by atoms with Crippen molar-refractivity contribution in [2.45, 2.75) is 6.42 Å². The van der Waals surface area contributed by atoms with E-state index in [0.717, 1.165) is 22.2 Å². The molecule has 170 valence electrons. The van der Waals surface area contributed by atoms with Crippen molar-refractivity contribution in [3.05, 3.63) is 91.0 Å². The minimum absolute atomic E-state index is 0.0764. The molecule has 6 heteroatoms. The monoisotopic (exact) mass is 452 g/mol. The molecule has 1 aliphatic heterocycles. The molecular formula is C28H24N2O4. The number of nitrogens with one attached hydrogen (secondary N) is 1. The van der Waals surface area contributed by atoms with Gasteiger partial charge >= 0.3 is 0 Å². The number of benzene rings is 4. The third-order valence-electron chi connectivity index (χ3n) is 5.94. The molecular weight excluding hydrogens is 428 g/mol. The average molecular weight is 453 g/mol. The third kappa shape index (κ3) is 4.57. The maximum absolute atomic E-state index is 12.8. The molecule has 1 atom stereocenters. The summed E-state index contributed by atoms with van der Waals surface area (Å²) in [7, 11) is 1.58. The Morgan fingerprint density at radius 3 is 2.41 bits per heavy atom. The van der Waals surface area contributed by atoms with Crippen molar-refractivity contribution in [1.82, 2.24) is 0 Å². The minimum Gasteiger partial charge on any atom is -0.497 e. The van der Waals surface area contributed by atoms with Crippen LogP contribution in [0.15, 0.2) is 91.0 Å². The van der Waals surface area contributed by atoms with Crippen LogP contribution in [-0.2, 0) is 9.59 Å². The Balaban J connectivity index is 1.21. The van der Waals surface area contributed by atoms with Gasteiger partial charge in [-0.1, -0.05) is 36.4 Å². The van der Waals surface area contributed by atoms with Gasteiger partial charge in [-0.25, -0.2) is 0 Å². The Hall–Kier alpha value is -4.32. The first kappa shape index (κ1) is 21.5. The second kappa shape index (κ2) is 9.27. The fraction of sp³-hybridized carbons (Fsp3) is 0.143. The molecule has 1 saturated heterocycles. The number of rotatable bonds is 6. The summed E-state index contributed by atoms with van der Waals surface area (Å²) in [4.78, 5) is 27.0. The van der Waals surface area contributed by atoms with Crippen molar-refractivity contribution in [3.63, 3.8) is 0 Å². The maximum atomic E-state index is 12.8. The molecule has 0 saturated carbocycles. The molecule has 0 spiro atoms. The highest BCUT2D eigenvalue weighted by Gasteiger charge is 2.35. The molecule has 6 nitrogen and oxygen atoms in total. The van der Waals surface area contributed by atoms with Crippen molar-refractivity contribution < 1.29 is 19.1 Å². The molecule has 34 heavy (non-hydrogen) atoms. The first-order chi connectivity index (χ1) is 16.6. The number of nitrogens with zero attached hydrogens (tertiary/aromatic N) is 1. The first-order valence-electron chi connectivity index (χ1n) is 11.1. The first-order valence-corrected chi connectivity index (χ1v) is 11.1. The van der Waals surface area contributed by atoms with Gasteiger partial charge < -0.3 is 19.7 Å². The molecule has 0 aliphatic carbocycles. The summed E-state index contributed by atoms with van der Waals surface area (Å²) in [6, 6.07) is 28.6. The minimum atomic E-state index is -0.424. The Morgan fingerprint density at radius 1 is 0.853 bits per heavy atom. The van der Waals surface area contributed by atoms with Crippen LogP contribution in [0.1, 0.15) is 6.42 Å². The van der Waals surface area contributed by atoms with Gasteiger partial charge in [0.25, 0.3) is 0 Å². The standard InChI is InChI=1S/C28H24N2O4/c1-33-25-8-4-7-23(17-25)30-18-21(16-27(30)31)28(32)29-22-10-13-24(14-11-22)34-26-12-9-19-5-2-3-6-20(19)15-26/h2-15,17,21H,16,18H2,1H3,(H,29,32)/t21-/m1/s1. The zero-order valence-corrected chi connectivity index (χ0v) is 18.7. The molecule has 1 heterocycles. The van der Waals surface area contributed by atoms with Gasteiger partial charge in [0.05, 0.1) is 13.0 Å². The fourth-order valence-electron chi connectivity index (χ4n) is 4.13. The van der Waals surface area contributed by atoms with Gasteiger partial charge in [0, 0.05) is 30.4 Å². The van der Waals surface area contributed by atoms with Crippen LogP contribution >= 0.6 is 0 Å². The molecule has 0 bridgehead atoms. The highest BCUT2D eigenvalue weighted by Crippen LogP contribution is 2.30. The Labute approximate surface area is 197 Å². The van der Waals surface area contributed by atoms with Crippen LogP contribution in [0.2, 0.25) is 0 Å². The maximum Gasteiger partial charge on any atom is 0.229 e. The van der Waals surface area contributed by atoms with Crippen LogP contribution in [0.5, 0.6) is 17.2 Å². The van der Waals surface area contributed by atoms with E-state index < -0.39 is 5.92 Å². The normalized spacial score (nSPS) is 15.4. The van der Waals surface area contributed by atoms with Crippen LogP contribution in [0.4, 0.5) is 11.4 Å². The van der Waals surface area contributed by atoms with E-state index in [9.17, 15) is 9.59 Å². The number of hydrogen-bond donors (Lipinski definition) is 1. The molecule has 4 aromatic carbocycles. The van der Waals surface area contributed by atoms with Gasteiger partial charge in [0.2, 0.25) is 11.8 Å². The van der Waals surface area contributed by atoms with Crippen molar-refractivity contribution >= 4 is 34.0 Å². The Bertz CT molecular complexity index is 1350. The van der Waals surface area contributed by atoms with E-state index >= 15 is 0 Å². The van der Waals surface area contributed by atoms with E-state index in [2.05, 4.69) is 11.4 Å². The number of carbonyl (C=O) groups excluding carboxylic acids is 2. The number of amides is 2. The van der Waals surface area contributed by atoms with Crippen molar-refractivity contribution in [2.75, 3.05) is 23.9 Å². The number of methoxy groups -OCH3 is 1. The molecule has 5 rings (SSSR count). The SMILES string of the molecule is COc1cccc(N2C[C@H](C(=O)Nc3ccc(Oc4ccc5ccccc5c4)cc3)CC2=O)c1. The number of carbonyl (C=O) groups is 2. The molecule has 4 aromatic rings. The van der Waals surface area contributed by atoms with Gasteiger partial charge in [0.15, 0.2) is 0 Å². The van der Waals surface area contributed by atoms with Crippen LogP contribution in [0, 0.1) is 5.92 Å². The number of fused-ring (bicyclic) bond motifs is 1. The second-order valence-corrected chi connectivity index (χ2v) is 8.23. The van der Waals surface area contributed by atoms with Crippen molar-refractivity contribution in [1.29, 1.82) is 0 Å². The van der Waals surface area contributed by atoms with E-state index in [4.69, 9.17) is 9.47 Å². The number of anilines is 2. The summed E-state index contributed by atoms with van der Waals surface area (Å²) in [6.07, 6.45) is 0.173. The lowest BCUT2D eigenvalue weighted by Crippen LogP contribution is -2.28. The number of ether oxygens (including phenoxy) is 2. The zero-order chi connectivity index (χ0) is 23.5. The van der Waals surface area contributed by atoms with Gasteiger partial charge in [-0.05, 0) is 59.3 Å². The highest BCUT2D eigenvalue weighted by molar-refractivity contribution is 6.03. The zero-order valence-electron chi connectivity index (χ0n) is 18.7. The van der Waals surface area contributed by atoms with E-state index in [1.165, 1.54) is 0 Å². The summed E-state index contributed by atoms with van der Waals surface area (Å²) in [5.74, 6) is 1.41. The fourth-order valence-corrected chi connectivity index (χ4v) is 4.13. The van der Waals surface area contributed by atoms with Crippen LogP contribution in [0.3, 0.4) is 0 Å². The molecule has 1 fully saturated rings. The van der Waals surface area contributed by atoms with Gasteiger partial charge in [-0.15, -0.1) is 0 Å². The Kier molecular flexibility index (Phi) is 5.87. The van der Waals surface area contributed by atoms with Crippen LogP contribution in [0.25, 0.3) is 10.8 Å². The number of hydrogen-bond acceptors (Lipinski definition) is 4. The lowest BCUT2D eigenvalue weighted by molar-refractivity contribution is -0.122. The van der Waals surface area contributed by atoms with E-state index in [-0.39, 0.29) is 18.2 Å². The molecule has 1 aliphatic rings. The molecule has 1 N–H and O–H groups in total. The van der Waals surface area contributed by atoms with Crippen LogP contribution < -0.4 is 19.7 Å². The van der Waals surface area contributed by atoms with Crippen LogP contribution in [-0.4, -0.2) is 25.5 Å². The summed E-state index contributed by atoms with van der Waals surface area (Å²) in [6.45, 7) is 0.334. The van der Waals surface area contributed by atoms with E-state index in [0.29, 0.717) is 23.7 Å². The van der Waals surface area contributed by atoms with Gasteiger partial charge in [0.1, 0.15) is 17.2 Å². The Morgan fingerprint density at radius 2 is 1.62 bits per heavy atom. The van der Waals surface area contributed by atoms with Gasteiger partial charge in [-0.2, -0.15) is 0 Å². The van der Waals surface area contributed by atoms with Gasteiger partial charge in [-0.3, -0.25) is 9.59 Å². The molecule has 0 radical (unpaired) electrons. The van der Waals surface area contributed by atoms with Crippen molar-refractivity contribution in [3.8, 4) is 17.2 Å². The van der Waals surface area contributed by atoms with E-state index in [1.54, 1.807) is 30.2 Å². The second-order valence-electron chi connectivity index (χ2n) is 8.23. The lowest BCUT2D eigenvalue weighted by atomic mass is 10.1. The topological polar surface area (TPSA) is 67.9 Å². The highest BCUT2D eigenvalue weighted by atomic mass is 16.5. The summed E-state index contributed by atoms with van der Waals surface area (Å²) in [5.41, 5.74) is 1.39. The summed E-state index contributed by atoms with van der Waals surface area (Å²) in [5, 5.41) is 5.18. The predicted octanol–water partition coefficient (Wildman–Crippen LogP) is 5.63. The molecule has 0 aromatic heterocycles. The predicted molar refractivity (Wildman–Crippen MR) is 133 cm³/mol. The third-order valence-corrected chi connectivity index (χ3v) is 5.94. The van der Waals surface area contributed by atoms with Crippen molar-refractivity contribution in [2.24, 2.45) is 5.92 Å². The lowest BCUT2D eigenvalue weighted by Gasteiger charge is -2.17. The summed E-state index contributed by atoms with van der Waals surface area (Å²) >= 11 is 0.